The van der Waals surface area contributed by atoms with Crippen LogP contribution < -0.4 is 0 Å². The first-order chi connectivity index (χ1) is 3.71. The molecule has 0 spiro atoms. The quantitative estimate of drug-likeness (QED) is 0.401. The molecule has 4 N–H and O–H groups in total. The standard InChI is InChI=1S/Mo.H4O5P2S2/c;1-6(2,8)5-7(3,4)9/h;(H2,1,2,8)(H2,3,4,9). The molecule has 5 nitrogen and oxygen atoms in total. The largest absolute Gasteiger partial charge is 0.329 e. The van der Waals surface area contributed by atoms with Crippen molar-refractivity contribution in [1.29, 1.82) is 0 Å². The molecule has 0 radical (unpaired) electrons. The molecular formula is H4MoO5P2S2. The van der Waals surface area contributed by atoms with Crippen molar-refractivity contribution in [2.24, 2.45) is 0 Å². The van der Waals surface area contributed by atoms with Crippen molar-refractivity contribution in [3.63, 3.8) is 0 Å². The summed E-state index contributed by atoms with van der Waals surface area (Å²) in [5.74, 6) is 0. The second kappa shape index (κ2) is 4.73. The Morgan fingerprint density at radius 1 is 0.900 bits per heavy atom. The van der Waals surface area contributed by atoms with Crippen LogP contribution >= 0.6 is 13.4 Å². The minimum absolute atomic E-state index is 0. The maximum absolute atomic E-state index is 8.25. The van der Waals surface area contributed by atoms with Gasteiger partial charge in [-0.1, -0.05) is 0 Å². The van der Waals surface area contributed by atoms with Crippen LogP contribution in [0.1, 0.15) is 0 Å². The second-order valence-electron chi connectivity index (χ2n) is 1.06. The van der Waals surface area contributed by atoms with Gasteiger partial charge in [-0.05, 0) is 23.6 Å². The molecule has 0 aliphatic heterocycles. The Morgan fingerprint density at radius 2 is 1.10 bits per heavy atom. The molecule has 62 valence electrons. The third-order valence-corrected chi connectivity index (χ3v) is 3.11. The van der Waals surface area contributed by atoms with E-state index in [2.05, 4.69) is 27.9 Å². The molecule has 0 aliphatic rings. The summed E-state index contributed by atoms with van der Waals surface area (Å²) in [7, 11) is 0. The van der Waals surface area contributed by atoms with E-state index < -0.39 is 13.4 Å². The van der Waals surface area contributed by atoms with Gasteiger partial charge < -0.3 is 19.6 Å². The number of hydrogen-bond acceptors (Lipinski definition) is 3. The van der Waals surface area contributed by atoms with Crippen molar-refractivity contribution < 1.29 is 44.9 Å². The van der Waals surface area contributed by atoms with Gasteiger partial charge in [0.2, 0.25) is 0 Å². The molecule has 0 amide bonds. The molecular weight excluding hydrogens is 302 g/mol. The van der Waals surface area contributed by atoms with Gasteiger partial charge in [0, 0.05) is 21.1 Å². The van der Waals surface area contributed by atoms with Crippen LogP contribution in [0.2, 0.25) is 0 Å². The fraction of sp³-hybridized carbons (Fsp3) is 0. The van der Waals surface area contributed by atoms with Crippen molar-refractivity contribution in [3.05, 3.63) is 0 Å². The van der Waals surface area contributed by atoms with Gasteiger partial charge >= 0.3 is 13.4 Å². The zero-order chi connectivity index (χ0) is 7.71. The molecule has 0 saturated heterocycles. The van der Waals surface area contributed by atoms with Gasteiger partial charge in [0.15, 0.2) is 0 Å². The van der Waals surface area contributed by atoms with Crippen LogP contribution in [0, 0.1) is 0 Å². The Balaban J connectivity index is 0. The van der Waals surface area contributed by atoms with E-state index >= 15 is 0 Å². The maximum Gasteiger partial charge on any atom is 0.329 e. The predicted molar refractivity (Wildman–Crippen MR) is 38.5 cm³/mol. The molecule has 10 heteroatoms. The first kappa shape index (κ1) is 14.3. The fourth-order valence-electron chi connectivity index (χ4n) is 0.139. The summed E-state index contributed by atoms with van der Waals surface area (Å²) in [5, 5.41) is 0. The Morgan fingerprint density at radius 3 is 1.10 bits per heavy atom. The van der Waals surface area contributed by atoms with Crippen molar-refractivity contribution in [3.8, 4) is 0 Å². The van der Waals surface area contributed by atoms with Crippen molar-refractivity contribution in [2.45, 2.75) is 0 Å². The fourth-order valence-corrected chi connectivity index (χ4v) is 3.30. The van der Waals surface area contributed by atoms with Crippen LogP contribution in [0.3, 0.4) is 0 Å². The minimum atomic E-state index is -4.01. The second-order valence-corrected chi connectivity index (χ2v) is 6.53. The predicted octanol–water partition coefficient (Wildman–Crippen LogP) is -0.581. The monoisotopic (exact) mass is 308 g/mol. The molecule has 0 fully saturated rings. The summed E-state index contributed by atoms with van der Waals surface area (Å²) in [4.78, 5) is 33.0. The molecule has 0 rings (SSSR count). The van der Waals surface area contributed by atoms with Crippen molar-refractivity contribution in [2.75, 3.05) is 0 Å². The Labute approximate surface area is 81.8 Å². The van der Waals surface area contributed by atoms with E-state index in [4.69, 9.17) is 19.6 Å². The van der Waals surface area contributed by atoms with Crippen molar-refractivity contribution >= 4 is 37.1 Å². The van der Waals surface area contributed by atoms with Crippen LogP contribution in [-0.4, -0.2) is 19.6 Å². The number of hydrogen-bond donors (Lipinski definition) is 4. The third-order valence-electron chi connectivity index (χ3n) is 0.213. The van der Waals surface area contributed by atoms with Gasteiger partial charge in [-0.15, -0.1) is 0 Å². The molecule has 0 atom stereocenters. The number of rotatable bonds is 2. The summed E-state index contributed by atoms with van der Waals surface area (Å²) in [5.41, 5.74) is 0. The molecule has 0 aromatic heterocycles. The average Bonchev–Trinajstić information content (AvgIpc) is 1.14. The van der Waals surface area contributed by atoms with E-state index in [0.717, 1.165) is 0 Å². The van der Waals surface area contributed by atoms with E-state index in [1.54, 1.807) is 0 Å². The topological polar surface area (TPSA) is 90.2 Å². The zero-order valence-electron chi connectivity index (χ0n) is 4.32. The van der Waals surface area contributed by atoms with Crippen LogP contribution in [0.4, 0.5) is 0 Å². The molecule has 0 heterocycles. The van der Waals surface area contributed by atoms with Crippen LogP contribution in [0.5, 0.6) is 0 Å². The average molecular weight is 306 g/mol. The van der Waals surface area contributed by atoms with Crippen LogP contribution in [0.15, 0.2) is 0 Å². The van der Waals surface area contributed by atoms with Gasteiger partial charge in [-0.25, -0.2) is 4.31 Å². The molecule has 0 aromatic carbocycles. The molecule has 0 unspecified atom stereocenters. The van der Waals surface area contributed by atoms with E-state index in [0.29, 0.717) is 0 Å². The van der Waals surface area contributed by atoms with Gasteiger partial charge in [-0.3, -0.25) is 0 Å². The maximum atomic E-state index is 8.25. The molecule has 10 heavy (non-hydrogen) atoms. The van der Waals surface area contributed by atoms with E-state index in [1.165, 1.54) is 0 Å². The Bertz CT molecular complexity index is 158. The molecule has 0 aliphatic carbocycles. The van der Waals surface area contributed by atoms with E-state index in [9.17, 15) is 0 Å². The molecule has 0 aromatic rings. The first-order valence-electron chi connectivity index (χ1n) is 1.53. The Kier molecular flexibility index (Phi) is 6.77. The summed E-state index contributed by atoms with van der Waals surface area (Å²) in [6.45, 7) is -8.02. The zero-order valence-corrected chi connectivity index (χ0v) is 9.75. The normalized spacial score (nSPS) is 12.4. The minimum Gasteiger partial charge on any atom is -0.324 e. The van der Waals surface area contributed by atoms with Gasteiger partial charge in [0.25, 0.3) is 0 Å². The summed E-state index contributed by atoms with van der Waals surface area (Å²) < 4.78 is 3.70. The molecule has 0 bridgehead atoms. The summed E-state index contributed by atoms with van der Waals surface area (Å²) in [6, 6.07) is 0. The first-order valence-corrected chi connectivity index (χ1v) is 6.78. The van der Waals surface area contributed by atoms with E-state index in [-0.39, 0.29) is 21.1 Å². The summed E-state index contributed by atoms with van der Waals surface area (Å²) >= 11 is 7.75. The van der Waals surface area contributed by atoms with E-state index in [1.807, 2.05) is 0 Å². The smallest absolute Gasteiger partial charge is 0.324 e. The van der Waals surface area contributed by atoms with Gasteiger partial charge in [-0.2, -0.15) is 0 Å². The SMILES string of the molecule is OP(O)(=S)OP(O)(O)=S.[Mo]. The molecule has 0 saturated carbocycles. The van der Waals surface area contributed by atoms with Crippen LogP contribution in [0.25, 0.3) is 0 Å². The summed E-state index contributed by atoms with van der Waals surface area (Å²) in [6.07, 6.45) is 0. The van der Waals surface area contributed by atoms with Gasteiger partial charge in [0.05, 0.1) is 0 Å². The van der Waals surface area contributed by atoms with Crippen molar-refractivity contribution in [1.82, 2.24) is 0 Å². The van der Waals surface area contributed by atoms with Gasteiger partial charge in [0.1, 0.15) is 0 Å². The van der Waals surface area contributed by atoms with Crippen LogP contribution in [-0.2, 0) is 49.0 Å². The third kappa shape index (κ3) is 12.5. The Hall–Kier alpha value is 1.79.